The second-order valence-corrected chi connectivity index (χ2v) is 5.19. The van der Waals surface area contributed by atoms with Gasteiger partial charge in [-0.15, -0.1) is 11.6 Å². The molecule has 4 heteroatoms. The number of aliphatic hydroxyl groups is 1. The van der Waals surface area contributed by atoms with E-state index in [9.17, 15) is 5.11 Å². The van der Waals surface area contributed by atoms with Crippen LogP contribution in [0.4, 0.5) is 5.69 Å². The summed E-state index contributed by atoms with van der Waals surface area (Å²) in [6, 6.07) is 8.50. The Hall–Kier alpha value is -0.770. The van der Waals surface area contributed by atoms with Crippen molar-refractivity contribution in [2.75, 3.05) is 43.5 Å². The third-order valence-electron chi connectivity index (χ3n) is 3.48. The van der Waals surface area contributed by atoms with E-state index >= 15 is 0 Å². The van der Waals surface area contributed by atoms with E-state index in [4.69, 9.17) is 11.6 Å². The van der Waals surface area contributed by atoms with Crippen molar-refractivity contribution in [2.45, 2.75) is 13.0 Å². The summed E-state index contributed by atoms with van der Waals surface area (Å²) in [7, 11) is 0. The van der Waals surface area contributed by atoms with E-state index in [1.54, 1.807) is 0 Å². The zero-order valence-electron chi connectivity index (χ0n) is 10.8. The van der Waals surface area contributed by atoms with Gasteiger partial charge >= 0.3 is 0 Å². The lowest BCUT2D eigenvalue weighted by Crippen LogP contribution is -2.49. The summed E-state index contributed by atoms with van der Waals surface area (Å²) >= 11 is 5.63. The number of aryl methyl sites for hydroxylation is 1. The molecule has 1 aromatic rings. The fourth-order valence-electron chi connectivity index (χ4n) is 2.44. The van der Waals surface area contributed by atoms with Gasteiger partial charge in [-0.2, -0.15) is 0 Å². The molecule has 1 fully saturated rings. The zero-order chi connectivity index (χ0) is 13.0. The van der Waals surface area contributed by atoms with Gasteiger partial charge in [0.1, 0.15) is 0 Å². The number of β-amino-alcohol motifs (C(OH)–C–C–N with tert-alkyl or cyclic N) is 1. The van der Waals surface area contributed by atoms with Gasteiger partial charge in [0.15, 0.2) is 0 Å². The Morgan fingerprint density at radius 3 is 2.50 bits per heavy atom. The third-order valence-corrected chi connectivity index (χ3v) is 3.83. The van der Waals surface area contributed by atoms with Crippen molar-refractivity contribution >= 4 is 17.3 Å². The van der Waals surface area contributed by atoms with Crippen LogP contribution in [0.3, 0.4) is 0 Å². The molecule has 0 aliphatic carbocycles. The van der Waals surface area contributed by atoms with E-state index in [0.29, 0.717) is 12.4 Å². The van der Waals surface area contributed by atoms with E-state index < -0.39 is 6.10 Å². The number of nitrogens with zero attached hydrogens (tertiary/aromatic N) is 2. The molecule has 0 aromatic heterocycles. The second kappa shape index (κ2) is 6.41. The standard InChI is InChI=1S/C14H21ClN2O/c1-12-4-2-3-5-14(12)17-8-6-16(7-9-17)11-13(18)10-15/h2-5,13,18H,6-11H2,1H3. The van der Waals surface area contributed by atoms with Gasteiger partial charge in [-0.3, -0.25) is 4.90 Å². The molecule has 100 valence electrons. The molecule has 1 unspecified atom stereocenters. The summed E-state index contributed by atoms with van der Waals surface area (Å²) in [5.74, 6) is 0.317. The summed E-state index contributed by atoms with van der Waals surface area (Å²) in [4.78, 5) is 4.70. The minimum Gasteiger partial charge on any atom is -0.391 e. The molecular formula is C14H21ClN2O. The van der Waals surface area contributed by atoms with Crippen LogP contribution in [0.5, 0.6) is 0 Å². The maximum atomic E-state index is 9.55. The molecule has 0 saturated carbocycles. The number of hydrogen-bond donors (Lipinski definition) is 1. The lowest BCUT2D eigenvalue weighted by molar-refractivity contribution is 0.125. The molecule has 1 aromatic carbocycles. The minimum absolute atomic E-state index is 0.317. The summed E-state index contributed by atoms with van der Waals surface area (Å²) in [5, 5.41) is 9.55. The first-order valence-electron chi connectivity index (χ1n) is 6.47. The van der Waals surface area contributed by atoms with Crippen LogP contribution in [-0.4, -0.2) is 54.7 Å². The number of aliphatic hydroxyl groups excluding tert-OH is 1. The molecule has 0 amide bonds. The zero-order valence-corrected chi connectivity index (χ0v) is 11.6. The van der Waals surface area contributed by atoms with Crippen LogP contribution in [-0.2, 0) is 0 Å². The molecule has 0 radical (unpaired) electrons. The smallest absolute Gasteiger partial charge is 0.0802 e. The minimum atomic E-state index is -0.406. The quantitative estimate of drug-likeness (QED) is 0.843. The number of piperazine rings is 1. The van der Waals surface area contributed by atoms with Crippen molar-refractivity contribution in [3.05, 3.63) is 29.8 Å². The molecule has 0 bridgehead atoms. The van der Waals surface area contributed by atoms with Crippen molar-refractivity contribution in [3.63, 3.8) is 0 Å². The molecule has 0 spiro atoms. The first-order valence-corrected chi connectivity index (χ1v) is 7.01. The highest BCUT2D eigenvalue weighted by Gasteiger charge is 2.19. The van der Waals surface area contributed by atoms with E-state index in [-0.39, 0.29) is 0 Å². The number of benzene rings is 1. The third kappa shape index (κ3) is 3.37. The predicted octanol–water partition coefficient (Wildman–Crippen LogP) is 1.72. The molecule has 1 saturated heterocycles. The van der Waals surface area contributed by atoms with Gasteiger partial charge in [0.2, 0.25) is 0 Å². The summed E-state index contributed by atoms with van der Waals surface area (Å²) in [6.45, 7) is 6.84. The molecule has 1 heterocycles. The molecule has 1 aliphatic rings. The molecule has 18 heavy (non-hydrogen) atoms. The highest BCUT2D eigenvalue weighted by molar-refractivity contribution is 6.18. The first kappa shape index (κ1) is 13.7. The van der Waals surface area contributed by atoms with Crippen molar-refractivity contribution in [1.82, 2.24) is 4.90 Å². The van der Waals surface area contributed by atoms with Crippen molar-refractivity contribution in [3.8, 4) is 0 Å². The number of anilines is 1. The number of rotatable bonds is 4. The Labute approximate surface area is 114 Å². The van der Waals surface area contributed by atoms with E-state index in [0.717, 1.165) is 26.2 Å². The molecule has 1 atom stereocenters. The Bertz CT molecular complexity index is 378. The van der Waals surface area contributed by atoms with Crippen LogP contribution in [0.2, 0.25) is 0 Å². The first-order chi connectivity index (χ1) is 8.70. The van der Waals surface area contributed by atoms with Crippen LogP contribution in [0, 0.1) is 6.92 Å². The van der Waals surface area contributed by atoms with Crippen LogP contribution in [0.1, 0.15) is 5.56 Å². The molecule has 1 aliphatic heterocycles. The number of para-hydroxylation sites is 1. The highest BCUT2D eigenvalue weighted by atomic mass is 35.5. The van der Waals surface area contributed by atoms with Gasteiger partial charge in [-0.25, -0.2) is 0 Å². The maximum absolute atomic E-state index is 9.55. The fraction of sp³-hybridized carbons (Fsp3) is 0.571. The average Bonchev–Trinajstić information content (AvgIpc) is 2.40. The van der Waals surface area contributed by atoms with Gasteiger partial charge in [0, 0.05) is 44.3 Å². The van der Waals surface area contributed by atoms with Crippen LogP contribution >= 0.6 is 11.6 Å². The number of halogens is 1. The lowest BCUT2D eigenvalue weighted by atomic mass is 10.1. The number of alkyl halides is 1. The van der Waals surface area contributed by atoms with Crippen LogP contribution < -0.4 is 4.90 Å². The van der Waals surface area contributed by atoms with E-state index in [2.05, 4.69) is 41.0 Å². The summed E-state index contributed by atoms with van der Waals surface area (Å²) in [6.07, 6.45) is -0.406. The molecular weight excluding hydrogens is 248 g/mol. The molecule has 3 nitrogen and oxygen atoms in total. The maximum Gasteiger partial charge on any atom is 0.0802 e. The molecule has 2 rings (SSSR count). The van der Waals surface area contributed by atoms with E-state index in [1.807, 2.05) is 0 Å². The largest absolute Gasteiger partial charge is 0.391 e. The molecule has 1 N–H and O–H groups in total. The number of hydrogen-bond acceptors (Lipinski definition) is 3. The van der Waals surface area contributed by atoms with Gasteiger partial charge < -0.3 is 10.0 Å². The fourth-order valence-corrected chi connectivity index (χ4v) is 2.53. The lowest BCUT2D eigenvalue weighted by Gasteiger charge is -2.37. The summed E-state index contributed by atoms with van der Waals surface area (Å²) < 4.78 is 0. The van der Waals surface area contributed by atoms with Crippen molar-refractivity contribution in [1.29, 1.82) is 0 Å². The Kier molecular flexibility index (Phi) is 4.87. The predicted molar refractivity (Wildman–Crippen MR) is 76.6 cm³/mol. The Morgan fingerprint density at radius 2 is 1.89 bits per heavy atom. The van der Waals surface area contributed by atoms with E-state index in [1.165, 1.54) is 11.3 Å². The van der Waals surface area contributed by atoms with Gasteiger partial charge in [-0.05, 0) is 18.6 Å². The van der Waals surface area contributed by atoms with Crippen LogP contribution in [0.15, 0.2) is 24.3 Å². The average molecular weight is 269 g/mol. The van der Waals surface area contributed by atoms with Crippen molar-refractivity contribution < 1.29 is 5.11 Å². The Morgan fingerprint density at radius 1 is 1.22 bits per heavy atom. The van der Waals surface area contributed by atoms with Gasteiger partial charge in [0.25, 0.3) is 0 Å². The Balaban J connectivity index is 1.89. The summed E-state index contributed by atoms with van der Waals surface area (Å²) in [5.41, 5.74) is 2.65. The topological polar surface area (TPSA) is 26.7 Å². The van der Waals surface area contributed by atoms with Gasteiger partial charge in [-0.1, -0.05) is 18.2 Å². The monoisotopic (exact) mass is 268 g/mol. The van der Waals surface area contributed by atoms with Crippen LogP contribution in [0.25, 0.3) is 0 Å². The SMILES string of the molecule is Cc1ccccc1N1CCN(CC(O)CCl)CC1. The second-order valence-electron chi connectivity index (χ2n) is 4.88. The highest BCUT2D eigenvalue weighted by Crippen LogP contribution is 2.20. The normalized spacial score (nSPS) is 18.9. The van der Waals surface area contributed by atoms with Gasteiger partial charge in [0.05, 0.1) is 6.10 Å². The van der Waals surface area contributed by atoms with Crippen molar-refractivity contribution in [2.24, 2.45) is 0 Å².